The molecule has 0 fully saturated rings. The van der Waals surface area contributed by atoms with Gasteiger partial charge in [-0.2, -0.15) is 0 Å². The zero-order valence-electron chi connectivity index (χ0n) is 19.2. The van der Waals surface area contributed by atoms with Gasteiger partial charge in [-0.05, 0) is 61.0 Å². The predicted molar refractivity (Wildman–Crippen MR) is 145 cm³/mol. The number of rotatable bonds is 10. The third-order valence-electron chi connectivity index (χ3n) is 4.52. The molecule has 1 atom stereocenters. The van der Waals surface area contributed by atoms with E-state index in [1.54, 1.807) is 32.0 Å². The Bertz CT molecular complexity index is 1060. The van der Waals surface area contributed by atoms with E-state index in [4.69, 9.17) is 19.9 Å². The zero-order chi connectivity index (χ0) is 24.9. The Balaban J connectivity index is 0.000000248. The number of methoxy groups -OCH3 is 2. The van der Waals surface area contributed by atoms with Crippen LogP contribution in [0.4, 0.5) is 5.69 Å². The van der Waals surface area contributed by atoms with Gasteiger partial charge in [0.1, 0.15) is 5.75 Å². The van der Waals surface area contributed by atoms with Gasteiger partial charge in [0.15, 0.2) is 23.9 Å². The topological polar surface area (TPSA) is 83.1 Å². The van der Waals surface area contributed by atoms with Crippen molar-refractivity contribution < 1.29 is 19.0 Å². The van der Waals surface area contributed by atoms with Gasteiger partial charge in [0.25, 0.3) is 0 Å². The van der Waals surface area contributed by atoms with Crippen molar-refractivity contribution in [3.8, 4) is 17.2 Å². The van der Waals surface area contributed by atoms with Gasteiger partial charge in [-0.3, -0.25) is 9.79 Å². The average molecular weight is 564 g/mol. The van der Waals surface area contributed by atoms with Gasteiger partial charge < -0.3 is 19.9 Å². The van der Waals surface area contributed by atoms with Crippen LogP contribution in [0.25, 0.3) is 0 Å². The van der Waals surface area contributed by atoms with Crippen LogP contribution in [-0.2, 0) is 4.79 Å². The van der Waals surface area contributed by atoms with Crippen LogP contribution >= 0.6 is 39.5 Å². The largest absolute Gasteiger partial charge is 0.493 e. The smallest absolute Gasteiger partial charge is 0.179 e. The third-order valence-corrected chi connectivity index (χ3v) is 6.60. The number of carbonyl (C=O) groups is 1. The number of benzene rings is 3. The van der Waals surface area contributed by atoms with Crippen molar-refractivity contribution >= 4 is 58.1 Å². The summed E-state index contributed by atoms with van der Waals surface area (Å²) in [6.45, 7) is 3.50. The summed E-state index contributed by atoms with van der Waals surface area (Å²) in [4.78, 5) is 17.2. The zero-order valence-corrected chi connectivity index (χ0v) is 22.4. The summed E-state index contributed by atoms with van der Waals surface area (Å²) in [5.74, 6) is 2.47. The number of aldehydes is 1. The molecule has 0 saturated heterocycles. The van der Waals surface area contributed by atoms with Crippen LogP contribution in [0.3, 0.4) is 0 Å². The molecule has 0 aliphatic heterocycles. The molecule has 9 heteroatoms. The highest BCUT2D eigenvalue weighted by molar-refractivity contribution is 9.10. The van der Waals surface area contributed by atoms with Gasteiger partial charge >= 0.3 is 0 Å². The lowest BCUT2D eigenvalue weighted by Gasteiger charge is -2.14. The summed E-state index contributed by atoms with van der Waals surface area (Å²) in [6.07, 6.45) is 2.26. The molecule has 0 amide bonds. The van der Waals surface area contributed by atoms with Crippen LogP contribution in [-0.4, -0.2) is 39.4 Å². The molecule has 34 heavy (non-hydrogen) atoms. The van der Waals surface area contributed by atoms with Crippen LogP contribution in [0.2, 0.25) is 0 Å². The fourth-order valence-corrected chi connectivity index (χ4v) is 4.12. The van der Waals surface area contributed by atoms with E-state index < -0.39 is 6.10 Å². The van der Waals surface area contributed by atoms with Crippen LogP contribution in [0.15, 0.2) is 79.9 Å². The van der Waals surface area contributed by atoms with E-state index in [1.165, 1.54) is 11.8 Å². The molecule has 3 aromatic carbocycles. The number of ether oxygens (including phenoxy) is 3. The highest BCUT2D eigenvalue weighted by atomic mass is 79.9. The Labute approximate surface area is 217 Å². The monoisotopic (exact) mass is 562 g/mol. The molecule has 1 unspecified atom stereocenters. The first-order valence-corrected chi connectivity index (χ1v) is 13.1. The molecule has 180 valence electrons. The second kappa shape index (κ2) is 14.7. The van der Waals surface area contributed by atoms with Gasteiger partial charge in [-0.25, -0.2) is 0 Å². The lowest BCUT2D eigenvalue weighted by molar-refractivity contribution is -0.113. The lowest BCUT2D eigenvalue weighted by Crippen LogP contribution is -2.08. The SMILES string of the molecule is C=Nc1cc(OC)c(OC)cc1SCN.CSc1ccc(C(C=O)Oc2ccc(Br)cc2)cc1. The van der Waals surface area contributed by atoms with Crippen LogP contribution in [0, 0.1) is 0 Å². The van der Waals surface area contributed by atoms with Crippen molar-refractivity contribution in [1.82, 2.24) is 0 Å². The van der Waals surface area contributed by atoms with Gasteiger partial charge in [-0.1, -0.05) is 28.1 Å². The van der Waals surface area contributed by atoms with Crippen molar-refractivity contribution in [2.75, 3.05) is 26.4 Å². The van der Waals surface area contributed by atoms with Crippen molar-refractivity contribution in [2.24, 2.45) is 10.7 Å². The number of hydrogen-bond acceptors (Lipinski definition) is 8. The molecule has 0 aliphatic rings. The molecule has 0 spiro atoms. The minimum atomic E-state index is -0.572. The number of hydrogen-bond donors (Lipinski definition) is 1. The second-order valence-corrected chi connectivity index (χ2v) is 9.40. The fraction of sp³-hybridized carbons (Fsp3) is 0.200. The molecule has 0 heterocycles. The maximum absolute atomic E-state index is 11.2. The van der Waals surface area contributed by atoms with E-state index >= 15 is 0 Å². The van der Waals surface area contributed by atoms with Crippen molar-refractivity contribution in [1.29, 1.82) is 0 Å². The first-order chi connectivity index (χ1) is 16.5. The van der Waals surface area contributed by atoms with Crippen LogP contribution in [0.5, 0.6) is 17.2 Å². The predicted octanol–water partition coefficient (Wildman–Crippen LogP) is 6.53. The first-order valence-electron chi connectivity index (χ1n) is 10.1. The van der Waals surface area contributed by atoms with Crippen molar-refractivity contribution in [2.45, 2.75) is 15.9 Å². The molecular formula is C25H27BrN2O4S2. The molecular weight excluding hydrogens is 536 g/mol. The van der Waals surface area contributed by atoms with Crippen LogP contribution < -0.4 is 19.9 Å². The molecule has 3 rings (SSSR count). The van der Waals surface area contributed by atoms with Gasteiger partial charge in [-0.15, -0.1) is 23.5 Å². The second-order valence-electron chi connectivity index (χ2n) is 6.55. The van der Waals surface area contributed by atoms with E-state index in [-0.39, 0.29) is 0 Å². The molecule has 0 saturated carbocycles. The van der Waals surface area contributed by atoms with Crippen molar-refractivity contribution in [3.63, 3.8) is 0 Å². The summed E-state index contributed by atoms with van der Waals surface area (Å²) in [6, 6.07) is 18.9. The van der Waals surface area contributed by atoms with Gasteiger partial charge in [0.05, 0.1) is 19.9 Å². The molecule has 0 radical (unpaired) electrons. The summed E-state index contributed by atoms with van der Waals surface area (Å²) in [7, 11) is 3.18. The highest BCUT2D eigenvalue weighted by Gasteiger charge is 2.12. The summed E-state index contributed by atoms with van der Waals surface area (Å²) < 4.78 is 17.0. The Morgan fingerprint density at radius 1 is 1.06 bits per heavy atom. The molecule has 3 aromatic rings. The number of thioether (sulfide) groups is 2. The molecule has 0 aliphatic carbocycles. The summed E-state index contributed by atoms with van der Waals surface area (Å²) in [5.41, 5.74) is 7.09. The number of halogens is 1. The Hall–Kier alpha value is -2.46. The maximum atomic E-state index is 11.2. The lowest BCUT2D eigenvalue weighted by atomic mass is 10.1. The molecule has 0 aromatic heterocycles. The van der Waals surface area contributed by atoms with E-state index in [1.807, 2.05) is 60.9 Å². The molecule has 2 N–H and O–H groups in total. The van der Waals surface area contributed by atoms with E-state index in [0.29, 0.717) is 23.1 Å². The van der Waals surface area contributed by atoms with Gasteiger partial charge in [0, 0.05) is 26.2 Å². The number of carbonyl (C=O) groups excluding carboxylic acids is 1. The minimum Gasteiger partial charge on any atom is -0.493 e. The van der Waals surface area contributed by atoms with E-state index in [2.05, 4.69) is 27.6 Å². The fourth-order valence-electron chi connectivity index (χ4n) is 2.81. The van der Waals surface area contributed by atoms with Crippen molar-refractivity contribution in [3.05, 3.63) is 70.7 Å². The molecule has 0 bridgehead atoms. The Morgan fingerprint density at radius 2 is 1.68 bits per heavy atom. The summed E-state index contributed by atoms with van der Waals surface area (Å²) in [5, 5.41) is 0. The van der Waals surface area contributed by atoms with E-state index in [9.17, 15) is 4.79 Å². The standard InChI is InChI=1S/C15H13BrO2S.C10H14N2O2S/c1-19-14-8-2-11(3-9-14)15(10-17)18-13-6-4-12(16)5-7-13;1-12-7-4-8(13-2)9(14-3)5-10(7)15-6-11/h2-10,15H,1H3;4-5H,1,6,11H2,2-3H3. The quantitative estimate of drug-likeness (QED) is 0.130. The Kier molecular flexibility index (Phi) is 12.0. The highest BCUT2D eigenvalue weighted by Crippen LogP contribution is 2.39. The number of nitrogens with zero attached hydrogens (tertiary/aromatic N) is 1. The molecule has 6 nitrogen and oxygen atoms in total. The third kappa shape index (κ3) is 8.09. The summed E-state index contributed by atoms with van der Waals surface area (Å²) >= 11 is 6.51. The first kappa shape index (κ1) is 27.8. The van der Waals surface area contributed by atoms with Crippen LogP contribution in [0.1, 0.15) is 11.7 Å². The Morgan fingerprint density at radius 3 is 2.18 bits per heavy atom. The van der Waals surface area contributed by atoms with E-state index in [0.717, 1.165) is 31.8 Å². The van der Waals surface area contributed by atoms with Gasteiger partial charge in [0.2, 0.25) is 0 Å². The minimum absolute atomic E-state index is 0.484. The normalized spacial score (nSPS) is 11.0. The average Bonchev–Trinajstić information content (AvgIpc) is 2.88. The number of nitrogens with two attached hydrogens (primary N) is 1. The number of aliphatic imine (C=N–C) groups is 1. The maximum Gasteiger partial charge on any atom is 0.179 e.